The Labute approximate surface area is 105 Å². The van der Waals surface area contributed by atoms with Crippen LogP contribution in [0.25, 0.3) is 0 Å². The third kappa shape index (κ3) is 2.90. The average Bonchev–Trinajstić information content (AvgIpc) is 2.32. The topological polar surface area (TPSA) is 26.0 Å². The van der Waals surface area contributed by atoms with E-state index in [0.29, 0.717) is 17.4 Å². The van der Waals surface area contributed by atoms with Crippen LogP contribution in [0.3, 0.4) is 0 Å². The van der Waals surface area contributed by atoms with Crippen molar-refractivity contribution in [2.24, 2.45) is 11.1 Å². The number of rotatable bonds is 2. The molecule has 2 atom stereocenters. The molecule has 0 spiro atoms. The Kier molecular flexibility index (Phi) is 3.58. The van der Waals surface area contributed by atoms with Crippen molar-refractivity contribution in [3.8, 4) is 0 Å². The van der Waals surface area contributed by atoms with Gasteiger partial charge in [-0.1, -0.05) is 45.0 Å². The first-order valence-electron chi connectivity index (χ1n) is 6.86. The molecule has 1 fully saturated rings. The quantitative estimate of drug-likeness (QED) is 0.821. The summed E-state index contributed by atoms with van der Waals surface area (Å²) < 4.78 is 0. The molecule has 0 aromatic heterocycles. The van der Waals surface area contributed by atoms with Gasteiger partial charge in [0.05, 0.1) is 0 Å². The van der Waals surface area contributed by atoms with Crippen LogP contribution in [0.2, 0.25) is 0 Å². The molecule has 0 amide bonds. The maximum Gasteiger partial charge on any atom is 0.0108 e. The Morgan fingerprint density at radius 3 is 2.82 bits per heavy atom. The lowest BCUT2D eigenvalue weighted by molar-refractivity contribution is 0.198. The first-order chi connectivity index (χ1) is 8.02. The summed E-state index contributed by atoms with van der Waals surface area (Å²) in [5.74, 6) is 0.547. The number of aryl methyl sites for hydroxylation is 1. The molecular weight excluding hydrogens is 206 g/mol. The zero-order valence-electron chi connectivity index (χ0n) is 11.4. The van der Waals surface area contributed by atoms with E-state index in [1.165, 1.54) is 24.0 Å². The summed E-state index contributed by atoms with van der Waals surface area (Å²) in [7, 11) is 0. The van der Waals surface area contributed by atoms with Crippen LogP contribution >= 0.6 is 0 Å². The Balaban J connectivity index is 2.24. The van der Waals surface area contributed by atoms with Gasteiger partial charge in [0.1, 0.15) is 0 Å². The van der Waals surface area contributed by atoms with Gasteiger partial charge in [-0.25, -0.2) is 0 Å². The number of nitrogens with two attached hydrogens (primary N) is 1. The summed E-state index contributed by atoms with van der Waals surface area (Å²) >= 11 is 0. The summed E-state index contributed by atoms with van der Waals surface area (Å²) in [6.45, 7) is 6.95. The molecule has 1 heteroatoms. The van der Waals surface area contributed by atoms with E-state index in [2.05, 4.69) is 45.0 Å². The first kappa shape index (κ1) is 12.6. The highest BCUT2D eigenvalue weighted by Crippen LogP contribution is 2.42. The van der Waals surface area contributed by atoms with Gasteiger partial charge >= 0.3 is 0 Å². The van der Waals surface area contributed by atoms with Gasteiger partial charge in [-0.05, 0) is 48.1 Å². The average molecular weight is 231 g/mol. The lowest BCUT2D eigenvalue weighted by Gasteiger charge is -2.39. The van der Waals surface area contributed by atoms with Crippen LogP contribution in [0, 0.1) is 5.41 Å². The zero-order valence-corrected chi connectivity index (χ0v) is 11.4. The second kappa shape index (κ2) is 4.81. The van der Waals surface area contributed by atoms with E-state index < -0.39 is 0 Å². The van der Waals surface area contributed by atoms with Crippen molar-refractivity contribution < 1.29 is 0 Å². The van der Waals surface area contributed by atoms with Crippen LogP contribution in [-0.2, 0) is 6.42 Å². The molecule has 2 rings (SSSR count). The van der Waals surface area contributed by atoms with Gasteiger partial charge in [0.25, 0.3) is 0 Å². The van der Waals surface area contributed by atoms with Crippen molar-refractivity contribution >= 4 is 0 Å². The van der Waals surface area contributed by atoms with E-state index >= 15 is 0 Å². The predicted molar refractivity (Wildman–Crippen MR) is 74.2 cm³/mol. The highest BCUT2D eigenvalue weighted by atomic mass is 14.7. The van der Waals surface area contributed by atoms with Gasteiger partial charge in [-0.15, -0.1) is 0 Å². The summed E-state index contributed by atoms with van der Waals surface area (Å²) in [5, 5.41) is 0. The van der Waals surface area contributed by atoms with Crippen molar-refractivity contribution in [1.82, 2.24) is 0 Å². The Morgan fingerprint density at radius 1 is 1.35 bits per heavy atom. The highest BCUT2D eigenvalue weighted by Gasteiger charge is 2.33. The van der Waals surface area contributed by atoms with Crippen molar-refractivity contribution in [1.29, 1.82) is 0 Å². The minimum atomic E-state index is 0.343. The van der Waals surface area contributed by atoms with E-state index in [-0.39, 0.29) is 0 Å². The molecule has 1 saturated carbocycles. The molecule has 94 valence electrons. The highest BCUT2D eigenvalue weighted by molar-refractivity contribution is 5.28. The molecule has 0 aliphatic heterocycles. The summed E-state index contributed by atoms with van der Waals surface area (Å²) in [5.41, 5.74) is 9.65. The molecule has 1 aliphatic carbocycles. The summed E-state index contributed by atoms with van der Waals surface area (Å²) in [4.78, 5) is 0. The third-order valence-electron chi connectivity index (χ3n) is 4.23. The molecule has 0 bridgehead atoms. The lowest BCUT2D eigenvalue weighted by atomic mass is 9.68. The van der Waals surface area contributed by atoms with Gasteiger partial charge < -0.3 is 5.73 Å². The molecule has 0 radical (unpaired) electrons. The molecule has 1 nitrogen and oxygen atoms in total. The van der Waals surface area contributed by atoms with Crippen LogP contribution in [0.4, 0.5) is 0 Å². The number of hydrogen-bond donors (Lipinski definition) is 1. The van der Waals surface area contributed by atoms with Crippen molar-refractivity contribution in [2.75, 3.05) is 0 Å². The van der Waals surface area contributed by atoms with Crippen LogP contribution in [0.15, 0.2) is 24.3 Å². The van der Waals surface area contributed by atoms with E-state index in [0.717, 1.165) is 12.8 Å². The minimum absolute atomic E-state index is 0.343. The fourth-order valence-corrected chi connectivity index (χ4v) is 3.02. The van der Waals surface area contributed by atoms with Crippen molar-refractivity contribution in [3.63, 3.8) is 0 Å². The maximum atomic E-state index is 6.32. The molecule has 17 heavy (non-hydrogen) atoms. The largest absolute Gasteiger partial charge is 0.327 e. The van der Waals surface area contributed by atoms with Gasteiger partial charge in [-0.2, -0.15) is 0 Å². The Morgan fingerprint density at radius 2 is 2.12 bits per heavy atom. The smallest absolute Gasteiger partial charge is 0.0108 e. The molecule has 0 saturated heterocycles. The van der Waals surface area contributed by atoms with Gasteiger partial charge in [0, 0.05) is 6.04 Å². The van der Waals surface area contributed by atoms with E-state index in [4.69, 9.17) is 5.73 Å². The SMILES string of the molecule is CCc1cccc(C2CC(C)(C)CCC2N)c1. The number of benzene rings is 1. The van der Waals surface area contributed by atoms with E-state index in [1.54, 1.807) is 0 Å². The molecule has 1 aliphatic rings. The molecule has 2 N–H and O–H groups in total. The predicted octanol–water partition coefficient (Wildman–Crippen LogP) is 3.87. The van der Waals surface area contributed by atoms with E-state index in [9.17, 15) is 0 Å². The molecule has 1 aromatic carbocycles. The fourth-order valence-electron chi connectivity index (χ4n) is 3.02. The monoisotopic (exact) mass is 231 g/mol. The zero-order chi connectivity index (χ0) is 12.5. The third-order valence-corrected chi connectivity index (χ3v) is 4.23. The first-order valence-corrected chi connectivity index (χ1v) is 6.86. The summed E-state index contributed by atoms with van der Waals surface area (Å²) in [6, 6.07) is 9.35. The van der Waals surface area contributed by atoms with Gasteiger partial charge in [-0.3, -0.25) is 0 Å². The van der Waals surface area contributed by atoms with Gasteiger partial charge in [0.2, 0.25) is 0 Å². The summed E-state index contributed by atoms with van der Waals surface area (Å²) in [6.07, 6.45) is 4.76. The minimum Gasteiger partial charge on any atom is -0.327 e. The van der Waals surface area contributed by atoms with Crippen LogP contribution in [0.1, 0.15) is 57.1 Å². The van der Waals surface area contributed by atoms with E-state index in [1.807, 2.05) is 0 Å². The maximum absolute atomic E-state index is 6.32. The number of hydrogen-bond acceptors (Lipinski definition) is 1. The molecule has 2 unspecified atom stereocenters. The van der Waals surface area contributed by atoms with Crippen LogP contribution in [0.5, 0.6) is 0 Å². The fraction of sp³-hybridized carbons (Fsp3) is 0.625. The Bertz CT molecular complexity index is 381. The lowest BCUT2D eigenvalue weighted by Crippen LogP contribution is -2.37. The van der Waals surface area contributed by atoms with Gasteiger partial charge in [0.15, 0.2) is 0 Å². The van der Waals surface area contributed by atoms with Crippen LogP contribution in [-0.4, -0.2) is 6.04 Å². The second-order valence-electron chi connectivity index (χ2n) is 6.28. The second-order valence-corrected chi connectivity index (χ2v) is 6.28. The van der Waals surface area contributed by atoms with Crippen LogP contribution < -0.4 is 5.73 Å². The molecule has 1 aromatic rings. The molecule has 0 heterocycles. The Hall–Kier alpha value is -0.820. The van der Waals surface area contributed by atoms with Crippen molar-refractivity contribution in [2.45, 2.75) is 58.4 Å². The normalized spacial score (nSPS) is 28.0. The standard InChI is InChI=1S/C16H25N/c1-4-12-6-5-7-13(10-12)14-11-16(2,3)9-8-15(14)17/h5-7,10,14-15H,4,8-9,11,17H2,1-3H3. The molecular formula is C16H25N. The van der Waals surface area contributed by atoms with Crippen molar-refractivity contribution in [3.05, 3.63) is 35.4 Å².